The van der Waals surface area contributed by atoms with Crippen LogP contribution >= 0.6 is 0 Å². The lowest BCUT2D eigenvalue weighted by Gasteiger charge is -2.14. The molecule has 1 aromatic rings. The van der Waals surface area contributed by atoms with Crippen LogP contribution in [0.5, 0.6) is 0 Å². The fraction of sp³-hybridized carbons (Fsp3) is 0.417. The third kappa shape index (κ3) is 3.82. The van der Waals surface area contributed by atoms with E-state index in [9.17, 15) is 13.2 Å². The molecule has 18 heavy (non-hydrogen) atoms. The summed E-state index contributed by atoms with van der Waals surface area (Å²) in [6.07, 6.45) is -0.246. The quantitative estimate of drug-likeness (QED) is 0.849. The van der Waals surface area contributed by atoms with Gasteiger partial charge in [0, 0.05) is 6.04 Å². The van der Waals surface area contributed by atoms with Crippen molar-refractivity contribution in [2.24, 2.45) is 0 Å². The van der Waals surface area contributed by atoms with Crippen molar-refractivity contribution in [2.75, 3.05) is 0 Å². The van der Waals surface area contributed by atoms with Crippen molar-refractivity contribution < 1.29 is 18.3 Å². The van der Waals surface area contributed by atoms with E-state index in [1.54, 1.807) is 26.0 Å². The zero-order valence-corrected chi connectivity index (χ0v) is 11.4. The Bertz CT molecular complexity index is 551. The lowest BCUT2D eigenvalue weighted by molar-refractivity contribution is -0.137. The first-order valence-corrected chi connectivity index (χ1v) is 7.02. The predicted octanol–water partition coefficient (Wildman–Crippen LogP) is 1.44. The molecule has 0 fully saturated rings. The Morgan fingerprint density at radius 1 is 1.39 bits per heavy atom. The second-order valence-electron chi connectivity index (χ2n) is 4.39. The van der Waals surface area contributed by atoms with Gasteiger partial charge in [-0.1, -0.05) is 12.1 Å². The minimum atomic E-state index is -3.67. The summed E-state index contributed by atoms with van der Waals surface area (Å²) in [4.78, 5) is 10.7. The highest BCUT2D eigenvalue weighted by Crippen LogP contribution is 2.17. The van der Waals surface area contributed by atoms with Gasteiger partial charge in [0.05, 0.1) is 11.3 Å². The molecule has 5 nitrogen and oxygen atoms in total. The van der Waals surface area contributed by atoms with Crippen LogP contribution in [0.1, 0.15) is 24.5 Å². The first-order chi connectivity index (χ1) is 8.22. The van der Waals surface area contributed by atoms with Gasteiger partial charge in [-0.05, 0) is 38.0 Å². The number of benzene rings is 1. The minimum Gasteiger partial charge on any atom is -0.481 e. The van der Waals surface area contributed by atoms with Crippen LogP contribution in [0.25, 0.3) is 0 Å². The maximum Gasteiger partial charge on any atom is 0.304 e. The van der Waals surface area contributed by atoms with Crippen LogP contribution in [0.3, 0.4) is 0 Å². The summed E-state index contributed by atoms with van der Waals surface area (Å²) in [5, 5.41) is 8.62. The summed E-state index contributed by atoms with van der Waals surface area (Å²) in [6, 6.07) is 4.48. The number of aliphatic carboxylic acids is 1. The number of hydrogen-bond acceptors (Lipinski definition) is 3. The zero-order valence-electron chi connectivity index (χ0n) is 10.6. The van der Waals surface area contributed by atoms with Crippen LogP contribution in [0.2, 0.25) is 0 Å². The SMILES string of the molecule is Cc1ccc(C)c(S(=O)(=O)NC(C)CC(=O)O)c1. The number of aryl methyl sites for hydroxylation is 2. The number of rotatable bonds is 5. The molecule has 1 unspecified atom stereocenters. The van der Waals surface area contributed by atoms with Gasteiger partial charge in [-0.15, -0.1) is 0 Å². The van der Waals surface area contributed by atoms with Crippen molar-refractivity contribution in [1.82, 2.24) is 4.72 Å². The van der Waals surface area contributed by atoms with Gasteiger partial charge in [0.1, 0.15) is 0 Å². The Hall–Kier alpha value is -1.40. The molecule has 0 bridgehead atoms. The van der Waals surface area contributed by atoms with Gasteiger partial charge in [0.2, 0.25) is 10.0 Å². The minimum absolute atomic E-state index is 0.194. The van der Waals surface area contributed by atoms with Crippen molar-refractivity contribution in [2.45, 2.75) is 38.1 Å². The van der Waals surface area contributed by atoms with Crippen LogP contribution in [0.4, 0.5) is 0 Å². The zero-order chi connectivity index (χ0) is 13.9. The maximum atomic E-state index is 12.1. The number of hydrogen-bond donors (Lipinski definition) is 2. The monoisotopic (exact) mass is 271 g/mol. The normalized spacial score (nSPS) is 13.3. The fourth-order valence-electron chi connectivity index (χ4n) is 1.63. The van der Waals surface area contributed by atoms with E-state index < -0.39 is 22.0 Å². The number of carboxylic acids is 1. The summed E-state index contributed by atoms with van der Waals surface area (Å²) in [7, 11) is -3.67. The Labute approximate surface area is 107 Å². The highest BCUT2D eigenvalue weighted by atomic mass is 32.2. The van der Waals surface area contributed by atoms with Crippen molar-refractivity contribution in [3.8, 4) is 0 Å². The van der Waals surface area contributed by atoms with Gasteiger partial charge >= 0.3 is 5.97 Å². The predicted molar refractivity (Wildman–Crippen MR) is 68.0 cm³/mol. The topological polar surface area (TPSA) is 83.5 Å². The number of sulfonamides is 1. The molecular formula is C12H17NO4S. The summed E-state index contributed by atoms with van der Waals surface area (Å²) in [6.45, 7) is 5.03. The molecule has 6 heteroatoms. The van der Waals surface area contributed by atoms with Gasteiger partial charge in [-0.3, -0.25) is 4.79 Å². The summed E-state index contributed by atoms with van der Waals surface area (Å²) in [5.74, 6) is -1.04. The summed E-state index contributed by atoms with van der Waals surface area (Å²) in [5.41, 5.74) is 1.47. The van der Waals surface area contributed by atoms with E-state index in [0.29, 0.717) is 5.56 Å². The summed E-state index contributed by atoms with van der Waals surface area (Å²) < 4.78 is 26.5. The molecule has 0 aromatic heterocycles. The van der Waals surface area contributed by atoms with Crippen LogP contribution in [-0.2, 0) is 14.8 Å². The lowest BCUT2D eigenvalue weighted by Crippen LogP contribution is -2.34. The highest BCUT2D eigenvalue weighted by molar-refractivity contribution is 7.89. The number of carbonyl (C=O) groups is 1. The average Bonchev–Trinajstić information content (AvgIpc) is 2.19. The molecule has 100 valence electrons. The lowest BCUT2D eigenvalue weighted by atomic mass is 10.2. The third-order valence-corrected chi connectivity index (χ3v) is 4.20. The molecule has 0 saturated carbocycles. The van der Waals surface area contributed by atoms with E-state index in [1.165, 1.54) is 6.92 Å². The van der Waals surface area contributed by atoms with E-state index in [2.05, 4.69) is 4.72 Å². The van der Waals surface area contributed by atoms with Gasteiger partial charge in [-0.2, -0.15) is 0 Å². The number of carboxylic acid groups (broad SMARTS) is 1. The van der Waals surface area contributed by atoms with Crippen molar-refractivity contribution in [1.29, 1.82) is 0 Å². The smallest absolute Gasteiger partial charge is 0.304 e. The van der Waals surface area contributed by atoms with Gasteiger partial charge in [0.15, 0.2) is 0 Å². The van der Waals surface area contributed by atoms with Gasteiger partial charge in [-0.25, -0.2) is 13.1 Å². The standard InChI is InChI=1S/C12H17NO4S/c1-8-4-5-9(2)11(6-8)18(16,17)13-10(3)7-12(14)15/h4-6,10,13H,7H2,1-3H3,(H,14,15). The molecule has 0 radical (unpaired) electrons. The molecule has 1 rings (SSSR count). The molecule has 2 N–H and O–H groups in total. The Balaban J connectivity index is 2.99. The van der Waals surface area contributed by atoms with E-state index in [-0.39, 0.29) is 11.3 Å². The van der Waals surface area contributed by atoms with Crippen molar-refractivity contribution in [3.05, 3.63) is 29.3 Å². The first-order valence-electron chi connectivity index (χ1n) is 5.54. The van der Waals surface area contributed by atoms with Gasteiger partial charge in [0.25, 0.3) is 0 Å². The molecule has 0 aliphatic rings. The van der Waals surface area contributed by atoms with Crippen molar-refractivity contribution >= 4 is 16.0 Å². The molecular weight excluding hydrogens is 254 g/mol. The Morgan fingerprint density at radius 2 is 2.00 bits per heavy atom. The average molecular weight is 271 g/mol. The van der Waals surface area contributed by atoms with Gasteiger partial charge < -0.3 is 5.11 Å². The molecule has 0 saturated heterocycles. The van der Waals surface area contributed by atoms with Crippen LogP contribution in [-0.4, -0.2) is 25.5 Å². The first kappa shape index (κ1) is 14.7. The second kappa shape index (κ2) is 5.49. The molecule has 0 aliphatic carbocycles. The van der Waals surface area contributed by atoms with E-state index >= 15 is 0 Å². The molecule has 0 heterocycles. The van der Waals surface area contributed by atoms with Crippen LogP contribution in [0, 0.1) is 13.8 Å². The fourth-order valence-corrected chi connectivity index (χ4v) is 3.20. The Kier molecular flexibility index (Phi) is 4.48. The Morgan fingerprint density at radius 3 is 2.56 bits per heavy atom. The maximum absolute atomic E-state index is 12.1. The van der Waals surface area contributed by atoms with Crippen LogP contribution in [0.15, 0.2) is 23.1 Å². The molecule has 0 aliphatic heterocycles. The molecule has 1 atom stereocenters. The molecule has 0 spiro atoms. The number of nitrogens with one attached hydrogen (secondary N) is 1. The van der Waals surface area contributed by atoms with Crippen LogP contribution < -0.4 is 4.72 Å². The molecule has 0 amide bonds. The third-order valence-electron chi connectivity index (χ3n) is 2.47. The van der Waals surface area contributed by atoms with E-state index in [4.69, 9.17) is 5.11 Å². The largest absolute Gasteiger partial charge is 0.481 e. The summed E-state index contributed by atoms with van der Waals surface area (Å²) >= 11 is 0. The highest BCUT2D eigenvalue weighted by Gasteiger charge is 2.20. The van der Waals surface area contributed by atoms with E-state index in [1.807, 2.05) is 6.07 Å². The molecule has 1 aromatic carbocycles. The van der Waals surface area contributed by atoms with E-state index in [0.717, 1.165) is 5.56 Å². The van der Waals surface area contributed by atoms with Crippen molar-refractivity contribution in [3.63, 3.8) is 0 Å². The second-order valence-corrected chi connectivity index (χ2v) is 6.07.